The van der Waals surface area contributed by atoms with Gasteiger partial charge in [0.1, 0.15) is 0 Å². The molecule has 0 aliphatic carbocycles. The molecule has 2 aromatic carbocycles. The lowest BCUT2D eigenvalue weighted by Crippen LogP contribution is -2.20. The van der Waals surface area contributed by atoms with Gasteiger partial charge in [0.2, 0.25) is 0 Å². The molecule has 0 spiro atoms. The number of aromatic nitrogens is 1. The fourth-order valence-electron chi connectivity index (χ4n) is 2.40. The Bertz CT molecular complexity index is 804. The topological polar surface area (TPSA) is 48.0 Å². The highest BCUT2D eigenvalue weighted by Crippen LogP contribution is 2.28. The highest BCUT2D eigenvalue weighted by molar-refractivity contribution is 5.98. The van der Waals surface area contributed by atoms with E-state index in [4.69, 9.17) is 5.73 Å². The van der Waals surface area contributed by atoms with Gasteiger partial charge in [0, 0.05) is 12.4 Å². The van der Waals surface area contributed by atoms with Crippen LogP contribution in [0.1, 0.15) is 0 Å². The van der Waals surface area contributed by atoms with Gasteiger partial charge in [0.05, 0.1) is 16.8 Å². The van der Waals surface area contributed by atoms with Gasteiger partial charge < -0.3 is 10.3 Å². The Labute approximate surface area is 110 Å². The molecule has 94 valence electrons. The van der Waals surface area contributed by atoms with Crippen molar-refractivity contribution in [3.63, 3.8) is 0 Å². The number of para-hydroxylation sites is 1. The molecule has 0 aliphatic heterocycles. The SMILES string of the molecule is Cn1c(=O)c(-c2ccccc2)c(N)c2ccccc21. The van der Waals surface area contributed by atoms with Crippen molar-refractivity contribution in [2.75, 3.05) is 5.73 Å². The molecule has 3 rings (SSSR count). The first-order valence-corrected chi connectivity index (χ1v) is 6.13. The van der Waals surface area contributed by atoms with Crippen LogP contribution in [0.4, 0.5) is 5.69 Å². The third kappa shape index (κ3) is 1.71. The van der Waals surface area contributed by atoms with E-state index in [9.17, 15) is 4.79 Å². The fourth-order valence-corrected chi connectivity index (χ4v) is 2.40. The molecule has 0 bridgehead atoms. The lowest BCUT2D eigenvalue weighted by atomic mass is 10.0. The van der Waals surface area contributed by atoms with Gasteiger partial charge in [-0.25, -0.2) is 0 Å². The quantitative estimate of drug-likeness (QED) is 0.722. The first kappa shape index (κ1) is 11.5. The van der Waals surface area contributed by atoms with Crippen molar-refractivity contribution in [2.24, 2.45) is 7.05 Å². The lowest BCUT2D eigenvalue weighted by Gasteiger charge is -2.12. The zero-order valence-electron chi connectivity index (χ0n) is 10.6. The van der Waals surface area contributed by atoms with Gasteiger partial charge in [-0.05, 0) is 11.6 Å². The summed E-state index contributed by atoms with van der Waals surface area (Å²) in [6.45, 7) is 0. The Hall–Kier alpha value is -2.55. The van der Waals surface area contributed by atoms with Gasteiger partial charge in [-0.1, -0.05) is 48.5 Å². The Balaban J connectivity index is 2.48. The summed E-state index contributed by atoms with van der Waals surface area (Å²) < 4.78 is 1.65. The largest absolute Gasteiger partial charge is 0.398 e. The van der Waals surface area contributed by atoms with E-state index in [-0.39, 0.29) is 5.56 Å². The van der Waals surface area contributed by atoms with Crippen molar-refractivity contribution in [3.8, 4) is 11.1 Å². The van der Waals surface area contributed by atoms with Crippen LogP contribution in [0.5, 0.6) is 0 Å². The van der Waals surface area contributed by atoms with Crippen LogP contribution in [0.3, 0.4) is 0 Å². The number of fused-ring (bicyclic) bond motifs is 1. The first-order valence-electron chi connectivity index (χ1n) is 6.13. The van der Waals surface area contributed by atoms with Crippen LogP contribution < -0.4 is 11.3 Å². The standard InChI is InChI=1S/C16H14N2O/c1-18-13-10-6-5-9-12(13)15(17)14(16(18)19)11-7-3-2-4-8-11/h2-10H,17H2,1H3. The molecule has 2 N–H and O–H groups in total. The summed E-state index contributed by atoms with van der Waals surface area (Å²) in [6, 6.07) is 17.2. The van der Waals surface area contributed by atoms with E-state index in [1.165, 1.54) is 0 Å². The summed E-state index contributed by atoms with van der Waals surface area (Å²) in [5.41, 5.74) is 8.96. The van der Waals surface area contributed by atoms with Gasteiger partial charge in [-0.3, -0.25) is 4.79 Å². The smallest absolute Gasteiger partial charge is 0.260 e. The molecule has 0 amide bonds. The average molecular weight is 250 g/mol. The highest BCUT2D eigenvalue weighted by atomic mass is 16.1. The zero-order valence-corrected chi connectivity index (χ0v) is 10.6. The van der Waals surface area contributed by atoms with Crippen LogP contribution in [0, 0.1) is 0 Å². The molecule has 1 aromatic heterocycles. The third-order valence-corrected chi connectivity index (χ3v) is 3.41. The molecule has 0 unspecified atom stereocenters. The van der Waals surface area contributed by atoms with Gasteiger partial charge in [0.15, 0.2) is 0 Å². The molecule has 0 aliphatic rings. The number of pyridine rings is 1. The molecular weight excluding hydrogens is 236 g/mol. The zero-order chi connectivity index (χ0) is 13.4. The number of nitrogen functional groups attached to an aromatic ring is 1. The number of aryl methyl sites for hydroxylation is 1. The van der Waals surface area contributed by atoms with Crippen LogP contribution in [0.2, 0.25) is 0 Å². The summed E-state index contributed by atoms with van der Waals surface area (Å²) >= 11 is 0. The van der Waals surface area contributed by atoms with E-state index in [1.807, 2.05) is 54.6 Å². The van der Waals surface area contributed by atoms with Crippen molar-refractivity contribution in [1.29, 1.82) is 0 Å². The van der Waals surface area contributed by atoms with Crippen molar-refractivity contribution in [2.45, 2.75) is 0 Å². The maximum atomic E-state index is 12.5. The van der Waals surface area contributed by atoms with Gasteiger partial charge in [-0.2, -0.15) is 0 Å². The normalized spacial score (nSPS) is 10.8. The van der Waals surface area contributed by atoms with Crippen molar-refractivity contribution >= 4 is 16.6 Å². The van der Waals surface area contributed by atoms with Crippen LogP contribution in [0.25, 0.3) is 22.0 Å². The molecule has 0 fully saturated rings. The molecule has 3 nitrogen and oxygen atoms in total. The summed E-state index contributed by atoms with van der Waals surface area (Å²) in [5.74, 6) is 0. The van der Waals surface area contributed by atoms with Gasteiger partial charge >= 0.3 is 0 Å². The lowest BCUT2D eigenvalue weighted by molar-refractivity contribution is 0.910. The maximum Gasteiger partial charge on any atom is 0.260 e. The number of hydrogen-bond acceptors (Lipinski definition) is 2. The molecule has 0 saturated heterocycles. The van der Waals surface area contributed by atoms with E-state index >= 15 is 0 Å². The summed E-state index contributed by atoms with van der Waals surface area (Å²) in [7, 11) is 1.77. The van der Waals surface area contributed by atoms with Crippen molar-refractivity contribution in [1.82, 2.24) is 4.57 Å². The van der Waals surface area contributed by atoms with Crippen LogP contribution >= 0.6 is 0 Å². The minimum absolute atomic E-state index is 0.0672. The molecule has 1 heterocycles. The second-order valence-corrected chi connectivity index (χ2v) is 4.54. The number of nitrogens with two attached hydrogens (primary N) is 1. The Morgan fingerprint density at radius 1 is 0.947 bits per heavy atom. The van der Waals surface area contributed by atoms with Crippen LogP contribution in [-0.4, -0.2) is 4.57 Å². The second kappa shape index (κ2) is 4.28. The van der Waals surface area contributed by atoms with E-state index in [0.29, 0.717) is 11.3 Å². The van der Waals surface area contributed by atoms with Gasteiger partial charge in [-0.15, -0.1) is 0 Å². The molecule has 3 aromatic rings. The average Bonchev–Trinajstić information content (AvgIpc) is 2.46. The molecule has 3 heteroatoms. The number of rotatable bonds is 1. The Kier molecular flexibility index (Phi) is 2.60. The Morgan fingerprint density at radius 2 is 1.58 bits per heavy atom. The Morgan fingerprint density at radius 3 is 2.32 bits per heavy atom. The van der Waals surface area contributed by atoms with E-state index < -0.39 is 0 Å². The van der Waals surface area contributed by atoms with Crippen molar-refractivity contribution < 1.29 is 0 Å². The van der Waals surface area contributed by atoms with Crippen molar-refractivity contribution in [3.05, 3.63) is 65.0 Å². The number of nitrogens with zero attached hydrogens (tertiary/aromatic N) is 1. The molecule has 0 saturated carbocycles. The summed E-state index contributed by atoms with van der Waals surface area (Å²) in [6.07, 6.45) is 0. The maximum absolute atomic E-state index is 12.5. The minimum Gasteiger partial charge on any atom is -0.398 e. The van der Waals surface area contributed by atoms with Gasteiger partial charge in [0.25, 0.3) is 5.56 Å². The van der Waals surface area contributed by atoms with E-state index in [1.54, 1.807) is 11.6 Å². The molecular formula is C16H14N2O. The molecule has 19 heavy (non-hydrogen) atoms. The third-order valence-electron chi connectivity index (χ3n) is 3.41. The monoisotopic (exact) mass is 250 g/mol. The summed E-state index contributed by atoms with van der Waals surface area (Å²) in [4.78, 5) is 12.5. The first-order chi connectivity index (χ1) is 9.20. The minimum atomic E-state index is -0.0672. The van der Waals surface area contributed by atoms with E-state index in [0.717, 1.165) is 16.5 Å². The fraction of sp³-hybridized carbons (Fsp3) is 0.0625. The second-order valence-electron chi connectivity index (χ2n) is 4.54. The predicted molar refractivity (Wildman–Crippen MR) is 79.0 cm³/mol. The molecule has 0 radical (unpaired) electrons. The van der Waals surface area contributed by atoms with Crippen LogP contribution in [0.15, 0.2) is 59.4 Å². The molecule has 0 atom stereocenters. The van der Waals surface area contributed by atoms with Crippen LogP contribution in [-0.2, 0) is 7.05 Å². The highest BCUT2D eigenvalue weighted by Gasteiger charge is 2.13. The predicted octanol–water partition coefficient (Wildman–Crippen LogP) is 2.79. The number of benzene rings is 2. The van der Waals surface area contributed by atoms with E-state index in [2.05, 4.69) is 0 Å². The number of hydrogen-bond donors (Lipinski definition) is 1. The summed E-state index contributed by atoms with van der Waals surface area (Å²) in [5, 5.41) is 0.906. The number of anilines is 1.